The minimum Gasteiger partial charge on any atom is -0.496 e. The van der Waals surface area contributed by atoms with Crippen LogP contribution in [0.5, 0.6) is 11.5 Å². The predicted octanol–water partition coefficient (Wildman–Crippen LogP) is 3.69. The van der Waals surface area contributed by atoms with Crippen LogP contribution < -0.4 is 25.0 Å². The molecule has 0 radical (unpaired) electrons. The second kappa shape index (κ2) is 11.4. The molecular formula is C28H29N3O5. The van der Waals surface area contributed by atoms with E-state index >= 15 is 0 Å². The molecule has 0 spiro atoms. The second-order valence-corrected chi connectivity index (χ2v) is 8.58. The highest BCUT2D eigenvalue weighted by Crippen LogP contribution is 2.27. The fourth-order valence-electron chi connectivity index (χ4n) is 4.08. The van der Waals surface area contributed by atoms with Crippen LogP contribution in [0.15, 0.2) is 72.8 Å². The van der Waals surface area contributed by atoms with Crippen LogP contribution in [0.25, 0.3) is 0 Å². The zero-order chi connectivity index (χ0) is 25.5. The second-order valence-electron chi connectivity index (χ2n) is 8.58. The first-order valence-electron chi connectivity index (χ1n) is 11.7. The van der Waals surface area contributed by atoms with Gasteiger partial charge in [0.2, 0.25) is 11.8 Å². The van der Waals surface area contributed by atoms with Gasteiger partial charge in [0.1, 0.15) is 11.5 Å². The summed E-state index contributed by atoms with van der Waals surface area (Å²) in [4.78, 5) is 39.1. The van der Waals surface area contributed by atoms with Crippen molar-refractivity contribution in [2.45, 2.75) is 19.9 Å². The molecule has 3 aromatic rings. The minimum atomic E-state index is -0.437. The molecule has 0 saturated carbocycles. The van der Waals surface area contributed by atoms with E-state index in [1.165, 1.54) is 0 Å². The number of carbonyl (C=O) groups excluding carboxylic acids is 3. The molecule has 8 nitrogen and oxygen atoms in total. The Hall–Kier alpha value is -4.33. The molecule has 186 valence electrons. The molecule has 36 heavy (non-hydrogen) atoms. The number of benzene rings is 3. The average Bonchev–Trinajstić information content (AvgIpc) is 3.29. The molecule has 3 amide bonds. The number of hydrogen-bond acceptors (Lipinski definition) is 5. The van der Waals surface area contributed by atoms with Gasteiger partial charge >= 0.3 is 0 Å². The molecule has 4 rings (SSSR count). The summed E-state index contributed by atoms with van der Waals surface area (Å²) >= 11 is 0. The van der Waals surface area contributed by atoms with Gasteiger partial charge in [-0.3, -0.25) is 14.4 Å². The molecule has 1 saturated heterocycles. The van der Waals surface area contributed by atoms with Gasteiger partial charge in [-0.1, -0.05) is 36.4 Å². The summed E-state index contributed by atoms with van der Waals surface area (Å²) in [7, 11) is 1.59. The van der Waals surface area contributed by atoms with Gasteiger partial charge in [0.25, 0.3) is 5.91 Å². The van der Waals surface area contributed by atoms with Crippen molar-refractivity contribution in [1.29, 1.82) is 0 Å². The van der Waals surface area contributed by atoms with Crippen molar-refractivity contribution >= 4 is 29.1 Å². The maximum absolute atomic E-state index is 12.7. The Kier molecular flexibility index (Phi) is 7.85. The zero-order valence-corrected chi connectivity index (χ0v) is 20.3. The summed E-state index contributed by atoms with van der Waals surface area (Å²) in [6.45, 7) is 2.42. The Morgan fingerprint density at radius 3 is 2.47 bits per heavy atom. The number of nitrogens with one attached hydrogen (secondary N) is 2. The summed E-state index contributed by atoms with van der Waals surface area (Å²) in [6.07, 6.45) is 0.148. The first kappa shape index (κ1) is 24.8. The lowest BCUT2D eigenvalue weighted by molar-refractivity contribution is -0.126. The molecule has 8 heteroatoms. The van der Waals surface area contributed by atoms with Gasteiger partial charge in [0.05, 0.1) is 13.0 Å². The maximum Gasteiger partial charge on any atom is 0.262 e. The predicted molar refractivity (Wildman–Crippen MR) is 137 cm³/mol. The number of nitrogens with zero attached hydrogens (tertiary/aromatic N) is 1. The van der Waals surface area contributed by atoms with Crippen molar-refractivity contribution in [3.05, 3.63) is 83.9 Å². The van der Waals surface area contributed by atoms with Crippen LogP contribution in [0.2, 0.25) is 0 Å². The number of aryl methyl sites for hydroxylation is 1. The average molecular weight is 488 g/mol. The molecular weight excluding hydrogens is 458 g/mol. The monoisotopic (exact) mass is 487 g/mol. The SMILES string of the molecule is COc1ccccc1CNC(=O)[C@H]1CC(=O)N(c2ccc(OCC(=O)Nc3ccccc3C)cc2)C1. The van der Waals surface area contributed by atoms with E-state index in [2.05, 4.69) is 10.6 Å². The van der Waals surface area contributed by atoms with Crippen molar-refractivity contribution in [2.75, 3.05) is 30.5 Å². The van der Waals surface area contributed by atoms with Crippen molar-refractivity contribution in [3.8, 4) is 11.5 Å². The van der Waals surface area contributed by atoms with Gasteiger partial charge in [-0.15, -0.1) is 0 Å². The zero-order valence-electron chi connectivity index (χ0n) is 20.3. The van der Waals surface area contributed by atoms with Crippen LogP contribution in [0.3, 0.4) is 0 Å². The first-order valence-corrected chi connectivity index (χ1v) is 11.7. The van der Waals surface area contributed by atoms with E-state index in [1.807, 2.05) is 55.5 Å². The van der Waals surface area contributed by atoms with Crippen molar-refractivity contribution < 1.29 is 23.9 Å². The number of methoxy groups -OCH3 is 1. The summed E-state index contributed by atoms with van der Waals surface area (Å²) in [6, 6.07) is 21.9. The molecule has 1 aliphatic heterocycles. The summed E-state index contributed by atoms with van der Waals surface area (Å²) in [5, 5.41) is 5.73. The van der Waals surface area contributed by atoms with Gasteiger partial charge in [0.15, 0.2) is 6.61 Å². The van der Waals surface area contributed by atoms with Crippen LogP contribution in [0.4, 0.5) is 11.4 Å². The molecule has 0 bridgehead atoms. The van der Waals surface area contributed by atoms with E-state index in [1.54, 1.807) is 36.3 Å². The number of ether oxygens (including phenoxy) is 2. The number of amides is 3. The Labute approximate surface area is 210 Å². The van der Waals surface area contributed by atoms with Gasteiger partial charge < -0.3 is 25.0 Å². The quantitative estimate of drug-likeness (QED) is 0.480. The topological polar surface area (TPSA) is 97.0 Å². The molecule has 2 N–H and O–H groups in total. The van der Waals surface area contributed by atoms with Gasteiger partial charge in [0, 0.05) is 36.4 Å². The standard InChI is InChI=1S/C28H29N3O5/c1-19-7-3-5-9-24(19)30-26(32)18-36-23-13-11-22(12-14-23)31-17-21(15-27(31)33)28(34)29-16-20-8-4-6-10-25(20)35-2/h3-14,21H,15-18H2,1-2H3,(H,29,34)(H,30,32)/t21-/m0/s1. The van der Waals surface area contributed by atoms with Crippen molar-refractivity contribution in [2.24, 2.45) is 5.92 Å². The van der Waals surface area contributed by atoms with Crippen LogP contribution in [0.1, 0.15) is 17.5 Å². The lowest BCUT2D eigenvalue weighted by Gasteiger charge is -2.17. The highest BCUT2D eigenvalue weighted by atomic mass is 16.5. The van der Waals surface area contributed by atoms with E-state index in [-0.39, 0.29) is 30.7 Å². The van der Waals surface area contributed by atoms with Crippen LogP contribution >= 0.6 is 0 Å². The number of anilines is 2. The van der Waals surface area contributed by atoms with Crippen LogP contribution in [-0.4, -0.2) is 38.0 Å². The Morgan fingerprint density at radius 2 is 1.72 bits per heavy atom. The number of carbonyl (C=O) groups is 3. The lowest BCUT2D eigenvalue weighted by atomic mass is 10.1. The number of rotatable bonds is 9. The van der Waals surface area contributed by atoms with E-state index < -0.39 is 5.92 Å². The highest BCUT2D eigenvalue weighted by molar-refractivity contribution is 6.00. The van der Waals surface area contributed by atoms with E-state index in [9.17, 15) is 14.4 Å². The Balaban J connectivity index is 1.28. The third kappa shape index (κ3) is 6.02. The van der Waals surface area contributed by atoms with E-state index in [0.29, 0.717) is 30.3 Å². The normalized spacial score (nSPS) is 14.9. The third-order valence-corrected chi connectivity index (χ3v) is 6.08. The molecule has 0 aliphatic carbocycles. The van der Waals surface area contributed by atoms with Crippen LogP contribution in [-0.2, 0) is 20.9 Å². The lowest BCUT2D eigenvalue weighted by Crippen LogP contribution is -2.32. The Morgan fingerprint density at radius 1 is 1.00 bits per heavy atom. The molecule has 1 heterocycles. The first-order chi connectivity index (χ1) is 17.4. The molecule has 1 atom stereocenters. The Bertz CT molecular complexity index is 1240. The molecule has 0 unspecified atom stereocenters. The minimum absolute atomic E-state index is 0.112. The smallest absolute Gasteiger partial charge is 0.262 e. The summed E-state index contributed by atoms with van der Waals surface area (Å²) < 4.78 is 10.9. The molecule has 3 aromatic carbocycles. The summed E-state index contributed by atoms with van der Waals surface area (Å²) in [5.74, 6) is 0.238. The fourth-order valence-corrected chi connectivity index (χ4v) is 4.08. The van der Waals surface area contributed by atoms with Gasteiger partial charge in [-0.2, -0.15) is 0 Å². The third-order valence-electron chi connectivity index (χ3n) is 6.08. The maximum atomic E-state index is 12.7. The van der Waals surface area contributed by atoms with Crippen LogP contribution in [0, 0.1) is 12.8 Å². The highest BCUT2D eigenvalue weighted by Gasteiger charge is 2.35. The van der Waals surface area contributed by atoms with Gasteiger partial charge in [-0.25, -0.2) is 0 Å². The van der Waals surface area contributed by atoms with E-state index in [0.717, 1.165) is 16.8 Å². The largest absolute Gasteiger partial charge is 0.496 e. The van der Waals surface area contributed by atoms with Crippen molar-refractivity contribution in [1.82, 2.24) is 5.32 Å². The molecule has 1 fully saturated rings. The summed E-state index contributed by atoms with van der Waals surface area (Å²) in [5.41, 5.74) is 3.27. The fraction of sp³-hybridized carbons (Fsp3) is 0.250. The van der Waals surface area contributed by atoms with Crippen molar-refractivity contribution in [3.63, 3.8) is 0 Å². The van der Waals surface area contributed by atoms with E-state index in [4.69, 9.17) is 9.47 Å². The number of hydrogen-bond donors (Lipinski definition) is 2. The number of para-hydroxylation sites is 2. The van der Waals surface area contributed by atoms with Gasteiger partial charge in [-0.05, 0) is 48.9 Å². The molecule has 0 aromatic heterocycles. The molecule has 1 aliphatic rings.